The molecular weight excluding hydrogens is 298 g/mol. The molecule has 3 heterocycles. The fourth-order valence-corrected chi connectivity index (χ4v) is 3.18. The fraction of sp³-hybridized carbons (Fsp3) is 0.263. The Labute approximate surface area is 141 Å². The van der Waals surface area contributed by atoms with Crippen LogP contribution in [0.5, 0.6) is 0 Å². The van der Waals surface area contributed by atoms with Crippen LogP contribution in [0, 0.1) is 0 Å². The standard InChI is InChI=1S/C19H21N5/c1-2-6-15(7-3-1)19(17-13-20-14-22-17)23-16-8-9-18(21-12-16)24-10-4-5-11-24/h1-3,6-9,12-14,19,23H,4-5,10-11H2,(H,20,22). The third-order valence-electron chi connectivity index (χ3n) is 4.45. The SMILES string of the molecule is c1ccc(C(Nc2ccc(N3CCCC3)nc2)c2cnc[nH]2)cc1. The highest BCUT2D eigenvalue weighted by atomic mass is 15.2. The van der Waals surface area contributed by atoms with Crippen molar-refractivity contribution in [2.75, 3.05) is 23.3 Å². The summed E-state index contributed by atoms with van der Waals surface area (Å²) in [7, 11) is 0. The van der Waals surface area contributed by atoms with Gasteiger partial charge in [0.05, 0.1) is 36.1 Å². The highest BCUT2D eigenvalue weighted by molar-refractivity contribution is 5.51. The van der Waals surface area contributed by atoms with E-state index in [4.69, 9.17) is 0 Å². The Kier molecular flexibility index (Phi) is 4.14. The van der Waals surface area contributed by atoms with Gasteiger partial charge >= 0.3 is 0 Å². The zero-order valence-electron chi connectivity index (χ0n) is 13.5. The van der Waals surface area contributed by atoms with Crippen LogP contribution in [0.25, 0.3) is 0 Å². The van der Waals surface area contributed by atoms with Gasteiger partial charge in [-0.3, -0.25) is 0 Å². The van der Waals surface area contributed by atoms with Crippen molar-refractivity contribution in [1.29, 1.82) is 0 Å². The minimum absolute atomic E-state index is 0.0214. The lowest BCUT2D eigenvalue weighted by Gasteiger charge is -2.20. The van der Waals surface area contributed by atoms with Gasteiger partial charge in [-0.25, -0.2) is 9.97 Å². The number of hydrogen-bond acceptors (Lipinski definition) is 4. The summed E-state index contributed by atoms with van der Waals surface area (Å²) in [4.78, 5) is 14.3. The maximum atomic E-state index is 4.63. The number of aromatic nitrogens is 3. The molecule has 24 heavy (non-hydrogen) atoms. The van der Waals surface area contributed by atoms with Crippen LogP contribution in [-0.2, 0) is 0 Å². The van der Waals surface area contributed by atoms with E-state index in [-0.39, 0.29) is 6.04 Å². The van der Waals surface area contributed by atoms with Gasteiger partial charge in [0.25, 0.3) is 0 Å². The number of imidazole rings is 1. The molecule has 3 aromatic rings. The van der Waals surface area contributed by atoms with Crippen molar-refractivity contribution < 1.29 is 0 Å². The third-order valence-corrected chi connectivity index (χ3v) is 4.45. The van der Waals surface area contributed by atoms with E-state index in [9.17, 15) is 0 Å². The number of anilines is 2. The number of aromatic amines is 1. The van der Waals surface area contributed by atoms with E-state index in [0.29, 0.717) is 0 Å². The molecule has 5 heteroatoms. The normalized spacial score (nSPS) is 15.4. The molecule has 4 rings (SSSR count). The van der Waals surface area contributed by atoms with Crippen LogP contribution in [0.3, 0.4) is 0 Å². The number of H-pyrrole nitrogens is 1. The molecule has 1 aromatic carbocycles. The summed E-state index contributed by atoms with van der Waals surface area (Å²) in [6, 6.07) is 14.6. The molecule has 122 valence electrons. The van der Waals surface area contributed by atoms with Crippen LogP contribution < -0.4 is 10.2 Å². The second-order valence-corrected chi connectivity index (χ2v) is 6.09. The van der Waals surface area contributed by atoms with Crippen molar-refractivity contribution in [2.24, 2.45) is 0 Å². The lowest BCUT2D eigenvalue weighted by atomic mass is 10.0. The maximum absolute atomic E-state index is 4.63. The van der Waals surface area contributed by atoms with Crippen LogP contribution in [0.2, 0.25) is 0 Å². The summed E-state index contributed by atoms with van der Waals surface area (Å²) in [5, 5.41) is 3.56. The molecule has 1 fully saturated rings. The molecule has 2 N–H and O–H groups in total. The molecule has 0 saturated carbocycles. The van der Waals surface area contributed by atoms with Crippen molar-refractivity contribution in [2.45, 2.75) is 18.9 Å². The van der Waals surface area contributed by atoms with Gasteiger partial charge in [-0.1, -0.05) is 30.3 Å². The summed E-state index contributed by atoms with van der Waals surface area (Å²) >= 11 is 0. The maximum Gasteiger partial charge on any atom is 0.128 e. The molecule has 1 unspecified atom stereocenters. The largest absolute Gasteiger partial charge is 0.372 e. The first-order valence-electron chi connectivity index (χ1n) is 8.41. The van der Waals surface area contributed by atoms with E-state index >= 15 is 0 Å². The average Bonchev–Trinajstić information content (AvgIpc) is 3.35. The molecule has 1 atom stereocenters. The first-order valence-corrected chi connectivity index (χ1v) is 8.41. The van der Waals surface area contributed by atoms with E-state index in [1.54, 1.807) is 6.33 Å². The zero-order valence-corrected chi connectivity index (χ0v) is 13.5. The van der Waals surface area contributed by atoms with Crippen LogP contribution >= 0.6 is 0 Å². The minimum Gasteiger partial charge on any atom is -0.372 e. The average molecular weight is 319 g/mol. The van der Waals surface area contributed by atoms with Gasteiger partial charge in [-0.05, 0) is 30.5 Å². The predicted molar refractivity (Wildman–Crippen MR) is 96.2 cm³/mol. The van der Waals surface area contributed by atoms with Crippen molar-refractivity contribution in [3.8, 4) is 0 Å². The Bertz CT molecular complexity index is 746. The molecule has 1 aliphatic heterocycles. The van der Waals surface area contributed by atoms with Crippen molar-refractivity contribution in [3.05, 3.63) is 72.4 Å². The number of nitrogens with one attached hydrogen (secondary N) is 2. The van der Waals surface area contributed by atoms with E-state index < -0.39 is 0 Å². The van der Waals surface area contributed by atoms with Gasteiger partial charge in [0, 0.05) is 13.1 Å². The molecule has 0 amide bonds. The fourth-order valence-electron chi connectivity index (χ4n) is 3.18. The number of hydrogen-bond donors (Lipinski definition) is 2. The first-order chi connectivity index (χ1) is 11.9. The summed E-state index contributed by atoms with van der Waals surface area (Å²) in [6.07, 6.45) is 8.01. The molecule has 0 radical (unpaired) electrons. The molecule has 0 bridgehead atoms. The first kappa shape index (κ1) is 14.8. The highest BCUT2D eigenvalue weighted by Gasteiger charge is 2.16. The van der Waals surface area contributed by atoms with E-state index in [2.05, 4.69) is 61.6 Å². The monoisotopic (exact) mass is 319 g/mol. The molecule has 2 aromatic heterocycles. The van der Waals surface area contributed by atoms with E-state index in [1.807, 2.05) is 18.5 Å². The van der Waals surface area contributed by atoms with Crippen LogP contribution in [-0.4, -0.2) is 28.0 Å². The smallest absolute Gasteiger partial charge is 0.128 e. The van der Waals surface area contributed by atoms with Gasteiger partial charge < -0.3 is 15.2 Å². The van der Waals surface area contributed by atoms with Gasteiger partial charge in [0.15, 0.2) is 0 Å². The summed E-state index contributed by atoms with van der Waals surface area (Å²) in [6.45, 7) is 2.22. The zero-order chi connectivity index (χ0) is 16.2. The number of pyridine rings is 1. The van der Waals surface area contributed by atoms with Gasteiger partial charge in [0.2, 0.25) is 0 Å². The minimum atomic E-state index is 0.0214. The molecule has 0 aliphatic carbocycles. The lowest BCUT2D eigenvalue weighted by molar-refractivity contribution is 0.894. The lowest BCUT2D eigenvalue weighted by Crippen LogP contribution is -2.19. The third kappa shape index (κ3) is 3.11. The van der Waals surface area contributed by atoms with E-state index in [1.165, 1.54) is 18.4 Å². The van der Waals surface area contributed by atoms with Gasteiger partial charge in [-0.2, -0.15) is 0 Å². The summed E-state index contributed by atoms with van der Waals surface area (Å²) < 4.78 is 0. The Morgan fingerprint density at radius 3 is 2.50 bits per heavy atom. The Morgan fingerprint density at radius 1 is 1.00 bits per heavy atom. The molecule has 1 aliphatic rings. The topological polar surface area (TPSA) is 56.8 Å². The Hall–Kier alpha value is -2.82. The number of benzene rings is 1. The van der Waals surface area contributed by atoms with Crippen molar-refractivity contribution in [1.82, 2.24) is 15.0 Å². The molecule has 5 nitrogen and oxygen atoms in total. The van der Waals surface area contributed by atoms with Crippen molar-refractivity contribution >= 4 is 11.5 Å². The second kappa shape index (κ2) is 6.74. The van der Waals surface area contributed by atoms with Crippen LogP contribution in [0.4, 0.5) is 11.5 Å². The molecular formula is C19H21N5. The van der Waals surface area contributed by atoms with Gasteiger partial charge in [-0.15, -0.1) is 0 Å². The van der Waals surface area contributed by atoms with Gasteiger partial charge in [0.1, 0.15) is 5.82 Å². The Morgan fingerprint density at radius 2 is 1.83 bits per heavy atom. The number of nitrogens with zero attached hydrogens (tertiary/aromatic N) is 3. The summed E-state index contributed by atoms with van der Waals surface area (Å²) in [5.74, 6) is 1.07. The predicted octanol–water partition coefficient (Wildman–Crippen LogP) is 3.61. The Balaban J connectivity index is 1.56. The summed E-state index contributed by atoms with van der Waals surface area (Å²) in [5.41, 5.74) is 3.22. The highest BCUT2D eigenvalue weighted by Crippen LogP contribution is 2.26. The van der Waals surface area contributed by atoms with E-state index in [0.717, 1.165) is 30.3 Å². The quantitative estimate of drug-likeness (QED) is 0.754. The molecule has 1 saturated heterocycles. The molecule has 0 spiro atoms. The number of rotatable bonds is 5. The second-order valence-electron chi connectivity index (χ2n) is 6.09. The van der Waals surface area contributed by atoms with Crippen LogP contribution in [0.1, 0.15) is 30.1 Å². The van der Waals surface area contributed by atoms with Crippen molar-refractivity contribution in [3.63, 3.8) is 0 Å². The van der Waals surface area contributed by atoms with Crippen LogP contribution in [0.15, 0.2) is 61.2 Å².